The molecule has 6 heteroatoms. The largest absolute Gasteiger partial charge is 0.308 e. The number of halogens is 2. The molecule has 2 aromatic rings. The summed E-state index contributed by atoms with van der Waals surface area (Å²) in [6, 6.07) is 6.95. The third-order valence-electron chi connectivity index (χ3n) is 3.65. The van der Waals surface area contributed by atoms with E-state index in [4.69, 9.17) is 0 Å². The minimum atomic E-state index is -2.47. The van der Waals surface area contributed by atoms with Crippen molar-refractivity contribution in [3.8, 4) is 0 Å². The van der Waals surface area contributed by atoms with Gasteiger partial charge in [-0.3, -0.25) is 0 Å². The van der Waals surface area contributed by atoms with Gasteiger partial charge in [0.05, 0.1) is 17.9 Å². The first-order valence-electron chi connectivity index (χ1n) is 6.65. The van der Waals surface area contributed by atoms with E-state index in [9.17, 15) is 8.78 Å². The van der Waals surface area contributed by atoms with E-state index in [-0.39, 0.29) is 5.56 Å². The molecule has 1 aliphatic heterocycles. The van der Waals surface area contributed by atoms with Crippen LogP contribution in [0.2, 0.25) is 0 Å². The molecule has 3 rings (SSSR count). The highest BCUT2D eigenvalue weighted by molar-refractivity contribution is 5.29. The number of hydrogen-bond donors (Lipinski definition) is 1. The Kier molecular flexibility index (Phi) is 3.48. The fourth-order valence-corrected chi connectivity index (χ4v) is 2.53. The summed E-state index contributed by atoms with van der Waals surface area (Å²) in [4.78, 5) is 0. The molecule has 1 N–H and O–H groups in total. The van der Waals surface area contributed by atoms with Crippen LogP contribution >= 0.6 is 0 Å². The third-order valence-corrected chi connectivity index (χ3v) is 3.65. The van der Waals surface area contributed by atoms with Gasteiger partial charge in [-0.25, -0.2) is 13.5 Å². The van der Waals surface area contributed by atoms with Crippen molar-refractivity contribution in [3.05, 3.63) is 46.8 Å². The molecular weight excluding hydrogens is 262 g/mol. The predicted octanol–water partition coefficient (Wildman–Crippen LogP) is 2.30. The van der Waals surface area contributed by atoms with Gasteiger partial charge >= 0.3 is 0 Å². The van der Waals surface area contributed by atoms with Crippen molar-refractivity contribution in [1.82, 2.24) is 20.3 Å². The second-order valence-electron chi connectivity index (χ2n) is 5.13. The molecule has 1 aromatic carbocycles. The van der Waals surface area contributed by atoms with Gasteiger partial charge in [0.1, 0.15) is 0 Å². The van der Waals surface area contributed by atoms with E-state index in [2.05, 4.69) is 22.6 Å². The molecule has 0 bridgehead atoms. The van der Waals surface area contributed by atoms with Crippen molar-refractivity contribution in [1.29, 1.82) is 0 Å². The zero-order valence-corrected chi connectivity index (χ0v) is 11.2. The lowest BCUT2D eigenvalue weighted by Crippen LogP contribution is -2.34. The maximum Gasteiger partial charge on any atom is 0.264 e. The van der Waals surface area contributed by atoms with Crippen LogP contribution in [0, 0.1) is 0 Å². The molecule has 1 aliphatic rings. The third kappa shape index (κ3) is 2.43. The first-order valence-corrected chi connectivity index (χ1v) is 6.65. The first kappa shape index (κ1) is 13.2. The van der Waals surface area contributed by atoms with Crippen LogP contribution in [0.3, 0.4) is 0 Å². The summed E-state index contributed by atoms with van der Waals surface area (Å²) in [5, 5.41) is 11.6. The van der Waals surface area contributed by atoms with Gasteiger partial charge < -0.3 is 5.32 Å². The summed E-state index contributed by atoms with van der Waals surface area (Å²) >= 11 is 0. The van der Waals surface area contributed by atoms with Crippen LogP contribution in [0.4, 0.5) is 8.78 Å². The quantitative estimate of drug-likeness (QED) is 0.936. The summed E-state index contributed by atoms with van der Waals surface area (Å²) in [7, 11) is 0. The normalized spacial score (nSPS) is 18.3. The van der Waals surface area contributed by atoms with Crippen LogP contribution in [0.15, 0.2) is 24.3 Å². The average molecular weight is 278 g/mol. The van der Waals surface area contributed by atoms with E-state index in [1.165, 1.54) is 6.07 Å². The monoisotopic (exact) mass is 278 g/mol. The minimum absolute atomic E-state index is 0.0638. The van der Waals surface area contributed by atoms with Crippen molar-refractivity contribution in [3.63, 3.8) is 0 Å². The van der Waals surface area contributed by atoms with Crippen molar-refractivity contribution in [2.75, 3.05) is 0 Å². The Morgan fingerprint density at radius 2 is 2.20 bits per heavy atom. The van der Waals surface area contributed by atoms with Crippen molar-refractivity contribution >= 4 is 0 Å². The molecule has 0 amide bonds. The number of fused-ring (bicyclic) bond motifs is 1. The van der Waals surface area contributed by atoms with Crippen molar-refractivity contribution in [2.45, 2.75) is 38.9 Å². The molecule has 0 saturated carbocycles. The topological polar surface area (TPSA) is 42.7 Å². The second-order valence-corrected chi connectivity index (χ2v) is 5.13. The molecule has 2 heterocycles. The van der Waals surface area contributed by atoms with Gasteiger partial charge in [-0.2, -0.15) is 0 Å². The Balaban J connectivity index is 1.89. The molecule has 0 radical (unpaired) electrons. The van der Waals surface area contributed by atoms with Gasteiger partial charge in [-0.05, 0) is 12.5 Å². The van der Waals surface area contributed by atoms with Crippen LogP contribution in [-0.4, -0.2) is 21.0 Å². The molecule has 20 heavy (non-hydrogen) atoms. The predicted molar refractivity (Wildman–Crippen MR) is 70.5 cm³/mol. The van der Waals surface area contributed by atoms with Gasteiger partial charge in [0.25, 0.3) is 6.43 Å². The fraction of sp³-hybridized carbons (Fsp3) is 0.429. The highest BCUT2D eigenvalue weighted by Crippen LogP contribution is 2.24. The molecular formula is C14H16F2N4. The number of aromatic nitrogens is 3. The van der Waals surface area contributed by atoms with Gasteiger partial charge in [-0.1, -0.05) is 29.5 Å². The van der Waals surface area contributed by atoms with E-state index >= 15 is 0 Å². The number of alkyl halides is 2. The number of nitrogens with one attached hydrogen (secondary N) is 1. The number of benzene rings is 1. The summed E-state index contributed by atoms with van der Waals surface area (Å²) < 4.78 is 27.7. The lowest BCUT2D eigenvalue weighted by atomic mass is 10.1. The smallest absolute Gasteiger partial charge is 0.264 e. The lowest BCUT2D eigenvalue weighted by Gasteiger charge is -2.20. The van der Waals surface area contributed by atoms with Gasteiger partial charge in [0.15, 0.2) is 0 Å². The van der Waals surface area contributed by atoms with Gasteiger partial charge in [-0.15, -0.1) is 5.10 Å². The maximum absolute atomic E-state index is 13.0. The molecule has 0 saturated heterocycles. The van der Waals surface area contributed by atoms with E-state index in [0.717, 1.165) is 17.8 Å². The number of hydrogen-bond acceptors (Lipinski definition) is 3. The molecule has 106 valence electrons. The minimum Gasteiger partial charge on any atom is -0.308 e. The Bertz CT molecular complexity index is 609. The van der Waals surface area contributed by atoms with Crippen LogP contribution < -0.4 is 5.32 Å². The highest BCUT2D eigenvalue weighted by atomic mass is 19.3. The summed E-state index contributed by atoms with van der Waals surface area (Å²) in [5.41, 5.74) is 2.61. The number of nitrogens with zero attached hydrogens (tertiary/aromatic N) is 3. The summed E-state index contributed by atoms with van der Waals surface area (Å²) in [6.07, 6.45) is -1.64. The average Bonchev–Trinajstić information content (AvgIpc) is 2.81. The SMILES string of the molecule is CC1Cc2nnn(Cc3ccccc3C(F)F)c2CN1. The van der Waals surface area contributed by atoms with Crippen LogP contribution in [0.25, 0.3) is 0 Å². The van der Waals surface area contributed by atoms with Crippen molar-refractivity contribution in [2.24, 2.45) is 0 Å². The number of rotatable bonds is 3. The molecule has 0 spiro atoms. The molecule has 1 unspecified atom stereocenters. The second kappa shape index (κ2) is 5.28. The summed E-state index contributed by atoms with van der Waals surface area (Å²) in [5.74, 6) is 0. The first-order chi connectivity index (χ1) is 9.65. The van der Waals surface area contributed by atoms with Gasteiger partial charge in [0, 0.05) is 24.6 Å². The Hall–Kier alpha value is -1.82. The lowest BCUT2D eigenvalue weighted by molar-refractivity contribution is 0.150. The van der Waals surface area contributed by atoms with E-state index in [0.29, 0.717) is 24.7 Å². The summed E-state index contributed by atoms with van der Waals surface area (Å²) in [6.45, 7) is 3.10. The maximum atomic E-state index is 13.0. The van der Waals surface area contributed by atoms with Crippen LogP contribution in [0.1, 0.15) is 35.9 Å². The standard InChI is InChI=1S/C14H16F2N4/c1-9-6-12-13(7-17-9)20(19-18-12)8-10-4-2-3-5-11(10)14(15)16/h2-5,9,14,17H,6-8H2,1H3. The molecule has 1 aromatic heterocycles. The zero-order chi connectivity index (χ0) is 14.1. The fourth-order valence-electron chi connectivity index (χ4n) is 2.53. The molecule has 4 nitrogen and oxygen atoms in total. The van der Waals surface area contributed by atoms with Crippen LogP contribution in [0.5, 0.6) is 0 Å². The van der Waals surface area contributed by atoms with Crippen LogP contribution in [-0.2, 0) is 19.5 Å². The molecule has 0 fully saturated rings. The Morgan fingerprint density at radius 3 is 3.00 bits per heavy atom. The van der Waals surface area contributed by atoms with E-state index in [1.54, 1.807) is 22.9 Å². The molecule has 1 atom stereocenters. The molecule has 0 aliphatic carbocycles. The van der Waals surface area contributed by atoms with Crippen molar-refractivity contribution < 1.29 is 8.78 Å². The Labute approximate surface area is 115 Å². The van der Waals surface area contributed by atoms with E-state index in [1.807, 2.05) is 0 Å². The van der Waals surface area contributed by atoms with E-state index < -0.39 is 6.43 Å². The zero-order valence-electron chi connectivity index (χ0n) is 11.2. The van der Waals surface area contributed by atoms with Gasteiger partial charge in [0.2, 0.25) is 0 Å². The highest BCUT2D eigenvalue weighted by Gasteiger charge is 2.21. The Morgan fingerprint density at radius 1 is 1.40 bits per heavy atom.